The standard InChI is InChI=1S/C11H13NO4/c1-3-16-11(13)7-9-5-4-8(2)6-10(9)12(14)15/h4-6H,3,7H2,1-2H3. The number of ether oxygens (including phenoxy) is 1. The normalized spacial score (nSPS) is 9.88. The van der Waals surface area contributed by atoms with Gasteiger partial charge in [-0.3, -0.25) is 14.9 Å². The first-order valence-electron chi connectivity index (χ1n) is 4.94. The molecule has 86 valence electrons. The van der Waals surface area contributed by atoms with Gasteiger partial charge in [0, 0.05) is 11.6 Å². The molecule has 0 atom stereocenters. The minimum atomic E-state index is -0.485. The fourth-order valence-electron chi connectivity index (χ4n) is 1.36. The maximum atomic E-state index is 11.2. The van der Waals surface area contributed by atoms with Crippen LogP contribution in [0.15, 0.2) is 18.2 Å². The van der Waals surface area contributed by atoms with Crippen LogP contribution in [0.3, 0.4) is 0 Å². The van der Waals surface area contributed by atoms with Crippen molar-refractivity contribution in [2.45, 2.75) is 20.3 Å². The molecular weight excluding hydrogens is 210 g/mol. The van der Waals surface area contributed by atoms with E-state index in [1.54, 1.807) is 26.0 Å². The zero-order valence-corrected chi connectivity index (χ0v) is 9.23. The summed E-state index contributed by atoms with van der Waals surface area (Å²) in [5, 5.41) is 10.8. The number of nitro benzene ring substituents is 1. The van der Waals surface area contributed by atoms with Crippen LogP contribution in [0.2, 0.25) is 0 Å². The SMILES string of the molecule is CCOC(=O)Cc1ccc(C)cc1[N+](=O)[O-]. The summed E-state index contributed by atoms with van der Waals surface area (Å²) >= 11 is 0. The summed E-state index contributed by atoms with van der Waals surface area (Å²) in [6.07, 6.45) is -0.0650. The van der Waals surface area contributed by atoms with E-state index in [0.717, 1.165) is 5.56 Å². The van der Waals surface area contributed by atoms with Gasteiger partial charge >= 0.3 is 5.97 Å². The van der Waals surface area contributed by atoms with Gasteiger partial charge in [0.15, 0.2) is 0 Å². The quantitative estimate of drug-likeness (QED) is 0.444. The lowest BCUT2D eigenvalue weighted by Crippen LogP contribution is -2.09. The van der Waals surface area contributed by atoms with Crippen LogP contribution in [0.4, 0.5) is 5.69 Å². The Balaban J connectivity index is 2.95. The van der Waals surface area contributed by atoms with Gasteiger partial charge in [0.25, 0.3) is 5.69 Å². The molecule has 16 heavy (non-hydrogen) atoms. The van der Waals surface area contributed by atoms with Crippen LogP contribution in [0.5, 0.6) is 0 Å². The molecule has 0 aliphatic heterocycles. The topological polar surface area (TPSA) is 69.4 Å². The number of hydrogen-bond acceptors (Lipinski definition) is 4. The highest BCUT2D eigenvalue weighted by Crippen LogP contribution is 2.20. The number of aryl methyl sites for hydroxylation is 1. The smallest absolute Gasteiger partial charge is 0.310 e. The van der Waals surface area contributed by atoms with Crippen LogP contribution in [0.25, 0.3) is 0 Å². The highest BCUT2D eigenvalue weighted by molar-refractivity contribution is 5.74. The van der Waals surface area contributed by atoms with Gasteiger partial charge in [-0.2, -0.15) is 0 Å². The number of carbonyl (C=O) groups is 1. The second kappa shape index (κ2) is 5.25. The van der Waals surface area contributed by atoms with Gasteiger partial charge in [0.2, 0.25) is 0 Å². The molecule has 5 heteroatoms. The second-order valence-electron chi connectivity index (χ2n) is 3.37. The van der Waals surface area contributed by atoms with Crippen molar-refractivity contribution >= 4 is 11.7 Å². The zero-order valence-electron chi connectivity index (χ0n) is 9.23. The molecule has 0 aliphatic carbocycles. The summed E-state index contributed by atoms with van der Waals surface area (Å²) in [7, 11) is 0. The van der Waals surface area contributed by atoms with Gasteiger partial charge < -0.3 is 4.74 Å². The van der Waals surface area contributed by atoms with Gasteiger partial charge in [-0.25, -0.2) is 0 Å². The van der Waals surface area contributed by atoms with Crippen LogP contribution in [-0.2, 0) is 16.0 Å². The molecule has 1 aromatic rings. The first kappa shape index (κ1) is 12.2. The molecule has 1 rings (SSSR count). The molecule has 0 bridgehead atoms. The number of nitro groups is 1. The predicted octanol–water partition coefficient (Wildman–Crippen LogP) is 2.01. The monoisotopic (exact) mass is 223 g/mol. The lowest BCUT2D eigenvalue weighted by Gasteiger charge is -2.03. The number of carbonyl (C=O) groups excluding carboxylic acids is 1. The van der Waals surface area contributed by atoms with Gasteiger partial charge in [-0.1, -0.05) is 12.1 Å². The second-order valence-corrected chi connectivity index (χ2v) is 3.37. The van der Waals surface area contributed by atoms with E-state index in [2.05, 4.69) is 0 Å². The maximum absolute atomic E-state index is 11.2. The summed E-state index contributed by atoms with van der Waals surface area (Å²) in [5.74, 6) is -0.450. The lowest BCUT2D eigenvalue weighted by atomic mass is 10.1. The highest BCUT2D eigenvalue weighted by atomic mass is 16.6. The number of benzene rings is 1. The summed E-state index contributed by atoms with van der Waals surface area (Å²) < 4.78 is 4.75. The van der Waals surface area contributed by atoms with E-state index in [1.807, 2.05) is 0 Å². The summed E-state index contributed by atoms with van der Waals surface area (Å²) in [4.78, 5) is 21.5. The third kappa shape index (κ3) is 3.05. The number of rotatable bonds is 4. The highest BCUT2D eigenvalue weighted by Gasteiger charge is 2.16. The average Bonchev–Trinajstić information content (AvgIpc) is 2.20. The van der Waals surface area contributed by atoms with Crippen molar-refractivity contribution in [3.8, 4) is 0 Å². The average molecular weight is 223 g/mol. The molecule has 5 nitrogen and oxygen atoms in total. The molecule has 0 radical (unpaired) electrons. The molecular formula is C11H13NO4. The minimum absolute atomic E-state index is 0.0342. The molecule has 0 saturated heterocycles. The van der Waals surface area contributed by atoms with E-state index < -0.39 is 10.9 Å². The van der Waals surface area contributed by atoms with Crippen molar-refractivity contribution < 1.29 is 14.5 Å². The Morgan fingerprint density at radius 1 is 1.50 bits per heavy atom. The first-order valence-corrected chi connectivity index (χ1v) is 4.94. The third-order valence-corrected chi connectivity index (χ3v) is 2.08. The number of nitrogens with zero attached hydrogens (tertiary/aromatic N) is 1. The molecule has 0 heterocycles. The molecule has 0 N–H and O–H groups in total. The van der Waals surface area contributed by atoms with Crippen LogP contribution >= 0.6 is 0 Å². The molecule has 1 aromatic carbocycles. The van der Waals surface area contributed by atoms with E-state index in [0.29, 0.717) is 5.56 Å². The fourth-order valence-corrected chi connectivity index (χ4v) is 1.36. The van der Waals surface area contributed by atoms with E-state index >= 15 is 0 Å². The van der Waals surface area contributed by atoms with Crippen molar-refractivity contribution in [2.75, 3.05) is 6.61 Å². The molecule has 0 fully saturated rings. The largest absolute Gasteiger partial charge is 0.466 e. The zero-order chi connectivity index (χ0) is 12.1. The maximum Gasteiger partial charge on any atom is 0.310 e. The molecule has 0 amide bonds. The van der Waals surface area contributed by atoms with Gasteiger partial charge in [-0.15, -0.1) is 0 Å². The minimum Gasteiger partial charge on any atom is -0.466 e. The summed E-state index contributed by atoms with van der Waals surface area (Å²) in [6.45, 7) is 3.74. The Morgan fingerprint density at radius 2 is 2.19 bits per heavy atom. The predicted molar refractivity (Wildman–Crippen MR) is 58.2 cm³/mol. The van der Waals surface area contributed by atoms with E-state index in [1.165, 1.54) is 6.07 Å². The van der Waals surface area contributed by atoms with Crippen molar-refractivity contribution in [2.24, 2.45) is 0 Å². The Labute approximate surface area is 93.2 Å². The van der Waals surface area contributed by atoms with Gasteiger partial charge in [0.05, 0.1) is 18.0 Å². The third-order valence-electron chi connectivity index (χ3n) is 2.08. The Bertz CT molecular complexity index is 414. The Kier molecular flexibility index (Phi) is 3.99. The van der Waals surface area contributed by atoms with Crippen molar-refractivity contribution in [3.63, 3.8) is 0 Å². The number of esters is 1. The lowest BCUT2D eigenvalue weighted by molar-refractivity contribution is -0.385. The van der Waals surface area contributed by atoms with Crippen molar-refractivity contribution in [1.82, 2.24) is 0 Å². The molecule has 0 saturated carbocycles. The van der Waals surface area contributed by atoms with Crippen LogP contribution < -0.4 is 0 Å². The van der Waals surface area contributed by atoms with Crippen LogP contribution in [-0.4, -0.2) is 17.5 Å². The summed E-state index contributed by atoms with van der Waals surface area (Å²) in [5.41, 5.74) is 1.14. The van der Waals surface area contributed by atoms with Crippen molar-refractivity contribution in [1.29, 1.82) is 0 Å². The molecule has 0 aromatic heterocycles. The molecule has 0 aliphatic rings. The Morgan fingerprint density at radius 3 is 2.75 bits per heavy atom. The Hall–Kier alpha value is -1.91. The van der Waals surface area contributed by atoms with Crippen LogP contribution in [0.1, 0.15) is 18.1 Å². The van der Waals surface area contributed by atoms with E-state index in [-0.39, 0.29) is 18.7 Å². The fraction of sp³-hybridized carbons (Fsp3) is 0.364. The van der Waals surface area contributed by atoms with Gasteiger partial charge in [0.1, 0.15) is 0 Å². The van der Waals surface area contributed by atoms with E-state index in [9.17, 15) is 14.9 Å². The first-order chi connectivity index (χ1) is 7.54. The van der Waals surface area contributed by atoms with Gasteiger partial charge in [-0.05, 0) is 19.4 Å². The molecule has 0 unspecified atom stereocenters. The van der Waals surface area contributed by atoms with E-state index in [4.69, 9.17) is 4.74 Å². The number of hydrogen-bond donors (Lipinski definition) is 0. The van der Waals surface area contributed by atoms with Crippen molar-refractivity contribution in [3.05, 3.63) is 39.4 Å². The molecule has 0 spiro atoms. The van der Waals surface area contributed by atoms with Crippen LogP contribution in [0, 0.1) is 17.0 Å². The summed E-state index contributed by atoms with van der Waals surface area (Å²) in [6, 6.07) is 4.78.